The molecule has 3 aromatic rings. The van der Waals surface area contributed by atoms with Gasteiger partial charge in [0.05, 0.1) is 5.69 Å². The van der Waals surface area contributed by atoms with Crippen LogP contribution >= 0.6 is 15.9 Å². The first-order valence-corrected chi connectivity index (χ1v) is 6.05. The molecule has 0 bridgehead atoms. The number of hydrogen-bond acceptors (Lipinski definition) is 4. The number of benzene rings is 1. The molecular weight excluding hydrogens is 296 g/mol. The van der Waals surface area contributed by atoms with Crippen molar-refractivity contribution in [2.24, 2.45) is 0 Å². The van der Waals surface area contributed by atoms with Crippen molar-refractivity contribution in [3.05, 3.63) is 41.0 Å². The minimum absolute atomic E-state index is 0.438. The fourth-order valence-corrected chi connectivity index (χ4v) is 2.17. The maximum atomic E-state index is 5.77. The van der Waals surface area contributed by atoms with Crippen LogP contribution in [0.1, 0.15) is 0 Å². The van der Waals surface area contributed by atoms with Gasteiger partial charge in [-0.15, -0.1) is 0 Å². The van der Waals surface area contributed by atoms with Crippen molar-refractivity contribution in [1.29, 1.82) is 0 Å². The molecule has 0 aliphatic heterocycles. The third-order valence-corrected chi connectivity index (χ3v) is 2.89. The van der Waals surface area contributed by atoms with Crippen LogP contribution in [-0.2, 0) is 0 Å². The van der Waals surface area contributed by atoms with Gasteiger partial charge in [0, 0.05) is 21.9 Å². The Morgan fingerprint density at radius 3 is 2.89 bits per heavy atom. The molecule has 0 atom stereocenters. The highest BCUT2D eigenvalue weighted by atomic mass is 79.9. The lowest BCUT2D eigenvalue weighted by atomic mass is 10.2. The van der Waals surface area contributed by atoms with Crippen LogP contribution in [0.5, 0.6) is 0 Å². The quantitative estimate of drug-likeness (QED) is 0.713. The predicted molar refractivity (Wildman–Crippen MR) is 71.6 cm³/mol. The van der Waals surface area contributed by atoms with Gasteiger partial charge in [0.1, 0.15) is 0 Å². The van der Waals surface area contributed by atoms with Gasteiger partial charge in [-0.1, -0.05) is 21.1 Å². The average Bonchev–Trinajstić information content (AvgIpc) is 2.99. The van der Waals surface area contributed by atoms with Crippen LogP contribution in [-0.4, -0.2) is 15.1 Å². The van der Waals surface area contributed by atoms with Crippen molar-refractivity contribution < 1.29 is 4.52 Å². The summed E-state index contributed by atoms with van der Waals surface area (Å²) in [4.78, 5) is 7.34. The lowest BCUT2D eigenvalue weighted by molar-refractivity contribution is 0.432. The van der Waals surface area contributed by atoms with Gasteiger partial charge in [0.25, 0.3) is 5.89 Å². The molecule has 6 heteroatoms. The Morgan fingerprint density at radius 2 is 2.17 bits per heavy atom. The lowest BCUT2D eigenvalue weighted by Gasteiger charge is -1.98. The summed E-state index contributed by atoms with van der Waals surface area (Å²) in [7, 11) is 0. The van der Waals surface area contributed by atoms with Crippen LogP contribution in [0.2, 0.25) is 0 Å². The molecule has 18 heavy (non-hydrogen) atoms. The molecule has 0 aliphatic rings. The number of nitrogens with zero attached hydrogens (tertiary/aromatic N) is 2. The molecule has 1 aromatic carbocycles. The van der Waals surface area contributed by atoms with Crippen molar-refractivity contribution in [3.8, 4) is 23.0 Å². The molecule has 0 unspecified atom stereocenters. The largest absolute Gasteiger partial charge is 0.399 e. The molecule has 3 rings (SSSR count). The van der Waals surface area contributed by atoms with Crippen molar-refractivity contribution in [2.75, 3.05) is 5.73 Å². The number of hydrogen-bond donors (Lipinski definition) is 2. The first-order chi connectivity index (χ1) is 8.72. The zero-order chi connectivity index (χ0) is 12.5. The van der Waals surface area contributed by atoms with Gasteiger partial charge in [0.15, 0.2) is 0 Å². The highest BCUT2D eigenvalue weighted by molar-refractivity contribution is 9.10. The first kappa shape index (κ1) is 11.0. The zero-order valence-electron chi connectivity index (χ0n) is 9.22. The summed E-state index contributed by atoms with van der Waals surface area (Å²) in [6.45, 7) is 0. The number of aromatic amines is 1. The molecule has 0 aliphatic carbocycles. The molecule has 0 amide bonds. The third kappa shape index (κ3) is 2.02. The van der Waals surface area contributed by atoms with E-state index in [0.29, 0.717) is 17.4 Å². The molecule has 0 spiro atoms. The Bertz CT molecular complexity index is 655. The molecule has 0 saturated heterocycles. The van der Waals surface area contributed by atoms with Crippen molar-refractivity contribution >= 4 is 21.6 Å². The highest BCUT2D eigenvalue weighted by Gasteiger charge is 2.11. The van der Waals surface area contributed by atoms with E-state index in [1.807, 2.05) is 30.5 Å². The Hall–Kier alpha value is -2.08. The monoisotopic (exact) mass is 304 g/mol. The van der Waals surface area contributed by atoms with Gasteiger partial charge in [-0.25, -0.2) is 0 Å². The Balaban J connectivity index is 2.03. The summed E-state index contributed by atoms with van der Waals surface area (Å²) in [6, 6.07) is 9.23. The van der Waals surface area contributed by atoms with E-state index in [9.17, 15) is 0 Å². The van der Waals surface area contributed by atoms with Gasteiger partial charge >= 0.3 is 0 Å². The van der Waals surface area contributed by atoms with Gasteiger partial charge < -0.3 is 15.2 Å². The highest BCUT2D eigenvalue weighted by Crippen LogP contribution is 2.26. The fraction of sp³-hybridized carbons (Fsp3) is 0. The van der Waals surface area contributed by atoms with E-state index in [-0.39, 0.29) is 0 Å². The van der Waals surface area contributed by atoms with E-state index >= 15 is 0 Å². The van der Waals surface area contributed by atoms with Gasteiger partial charge in [-0.3, -0.25) is 0 Å². The molecular formula is C12H9BrN4O. The molecule has 0 saturated carbocycles. The second-order valence-electron chi connectivity index (χ2n) is 3.78. The molecule has 2 aromatic heterocycles. The number of aromatic nitrogens is 3. The summed E-state index contributed by atoms with van der Waals surface area (Å²) in [5.74, 6) is 0.959. The molecule has 3 N–H and O–H groups in total. The van der Waals surface area contributed by atoms with Crippen molar-refractivity contribution in [2.45, 2.75) is 0 Å². The number of nitrogen functional groups attached to an aromatic ring is 1. The van der Waals surface area contributed by atoms with Crippen LogP contribution in [0.25, 0.3) is 23.0 Å². The first-order valence-electron chi connectivity index (χ1n) is 5.26. The Kier molecular flexibility index (Phi) is 2.64. The maximum Gasteiger partial charge on any atom is 0.258 e. The second-order valence-corrected chi connectivity index (χ2v) is 4.70. The number of H-pyrrole nitrogens is 1. The summed E-state index contributed by atoms with van der Waals surface area (Å²) in [6.07, 6.45) is 1.81. The summed E-state index contributed by atoms with van der Waals surface area (Å²) < 4.78 is 6.10. The van der Waals surface area contributed by atoms with Gasteiger partial charge in [-0.2, -0.15) is 4.98 Å². The number of rotatable bonds is 2. The Morgan fingerprint density at radius 1 is 1.28 bits per heavy atom. The van der Waals surface area contributed by atoms with E-state index in [2.05, 4.69) is 31.1 Å². The number of nitrogens with one attached hydrogen (secondary N) is 1. The Labute approximate surface area is 111 Å². The zero-order valence-corrected chi connectivity index (χ0v) is 10.8. The number of nitrogens with two attached hydrogens (primary N) is 1. The molecule has 2 heterocycles. The van der Waals surface area contributed by atoms with Crippen LogP contribution in [0.3, 0.4) is 0 Å². The fourth-order valence-electron chi connectivity index (χ4n) is 1.66. The van der Waals surface area contributed by atoms with E-state index in [4.69, 9.17) is 10.3 Å². The molecule has 5 nitrogen and oxygen atoms in total. The molecule has 90 valence electrons. The van der Waals surface area contributed by atoms with E-state index in [1.165, 1.54) is 0 Å². The lowest BCUT2D eigenvalue weighted by Crippen LogP contribution is -1.86. The average molecular weight is 305 g/mol. The van der Waals surface area contributed by atoms with E-state index < -0.39 is 0 Å². The molecule has 0 radical (unpaired) electrons. The minimum Gasteiger partial charge on any atom is -0.399 e. The summed E-state index contributed by atoms with van der Waals surface area (Å²) in [5, 5.41) is 3.92. The number of anilines is 1. The van der Waals surface area contributed by atoms with Gasteiger partial charge in [0.2, 0.25) is 5.82 Å². The van der Waals surface area contributed by atoms with Crippen molar-refractivity contribution in [3.63, 3.8) is 0 Å². The van der Waals surface area contributed by atoms with Crippen LogP contribution in [0.4, 0.5) is 5.69 Å². The van der Waals surface area contributed by atoms with Gasteiger partial charge in [-0.05, 0) is 30.3 Å². The SMILES string of the molecule is Nc1cc(Br)cc(-c2nc(-c3ccc[nH]3)no2)c1. The van der Waals surface area contributed by atoms with E-state index in [1.54, 1.807) is 6.07 Å². The number of halogens is 1. The summed E-state index contributed by atoms with van der Waals surface area (Å²) in [5.41, 5.74) is 8.01. The smallest absolute Gasteiger partial charge is 0.258 e. The van der Waals surface area contributed by atoms with Crippen LogP contribution < -0.4 is 5.73 Å². The van der Waals surface area contributed by atoms with E-state index in [0.717, 1.165) is 15.7 Å². The molecule has 0 fully saturated rings. The van der Waals surface area contributed by atoms with Crippen LogP contribution in [0.15, 0.2) is 45.5 Å². The van der Waals surface area contributed by atoms with Crippen molar-refractivity contribution in [1.82, 2.24) is 15.1 Å². The third-order valence-electron chi connectivity index (χ3n) is 2.43. The second kappa shape index (κ2) is 4.30. The minimum atomic E-state index is 0.438. The maximum absolute atomic E-state index is 5.77. The normalized spacial score (nSPS) is 10.7. The topological polar surface area (TPSA) is 80.7 Å². The predicted octanol–water partition coefficient (Wildman–Crippen LogP) is 3.08. The standard InChI is InChI=1S/C12H9BrN4O/c13-8-4-7(5-9(14)6-8)12-16-11(17-18-12)10-2-1-3-15-10/h1-6,15H,14H2. The summed E-state index contributed by atoms with van der Waals surface area (Å²) >= 11 is 3.38. The van der Waals surface area contributed by atoms with Crippen LogP contribution in [0, 0.1) is 0 Å².